The smallest absolute Gasteiger partial charge is 0.383 e. The number of benzene rings is 1. The Balaban J connectivity index is 2.81. The van der Waals surface area contributed by atoms with E-state index in [1.165, 1.54) is 7.11 Å². The van der Waals surface area contributed by atoms with Gasteiger partial charge in [-0.3, -0.25) is 4.79 Å². The minimum Gasteiger partial charge on any atom is -0.383 e. The number of methoxy groups -OCH3 is 1. The highest BCUT2D eigenvalue weighted by atomic mass is 79.9. The van der Waals surface area contributed by atoms with Crippen LogP contribution in [0.15, 0.2) is 22.7 Å². The molecule has 0 aliphatic carbocycles. The number of carbonyl (C=O) groups is 1. The van der Waals surface area contributed by atoms with E-state index in [0.717, 1.165) is 18.2 Å². The molecule has 1 aromatic rings. The largest absolute Gasteiger partial charge is 0.417 e. The lowest BCUT2D eigenvalue weighted by molar-refractivity contribution is -0.138. The number of halogens is 4. The fourth-order valence-corrected chi connectivity index (χ4v) is 1.86. The second-order valence-corrected chi connectivity index (χ2v) is 4.30. The van der Waals surface area contributed by atoms with Crippen LogP contribution < -0.4 is 5.32 Å². The zero-order valence-corrected chi connectivity index (χ0v) is 11.1. The molecule has 1 rings (SSSR count). The minimum absolute atomic E-state index is 0.158. The van der Waals surface area contributed by atoms with Crippen molar-refractivity contribution in [2.24, 2.45) is 0 Å². The molecule has 0 unspecified atom stereocenters. The molecule has 0 heterocycles. The molecule has 0 aromatic heterocycles. The van der Waals surface area contributed by atoms with Gasteiger partial charge in [-0.2, -0.15) is 13.2 Å². The standard InChI is InChI=1S/C11H11BrF3NO2/c1-18-5-4-16-10(17)7-2-3-8(9(12)6-7)11(13,14)15/h2-3,6H,4-5H2,1H3,(H,16,17). The number of carbonyl (C=O) groups excluding carboxylic acids is 1. The summed E-state index contributed by atoms with van der Waals surface area (Å²) >= 11 is 2.81. The predicted octanol–water partition coefficient (Wildman–Crippen LogP) is 2.84. The van der Waals surface area contributed by atoms with Crippen LogP contribution in [-0.2, 0) is 10.9 Å². The second-order valence-electron chi connectivity index (χ2n) is 3.44. The van der Waals surface area contributed by atoms with Gasteiger partial charge in [-0.25, -0.2) is 0 Å². The van der Waals surface area contributed by atoms with Crippen LogP contribution in [0.4, 0.5) is 13.2 Å². The number of nitrogens with one attached hydrogen (secondary N) is 1. The van der Waals surface area contributed by atoms with Gasteiger partial charge in [0.05, 0.1) is 12.2 Å². The monoisotopic (exact) mass is 325 g/mol. The van der Waals surface area contributed by atoms with Crippen LogP contribution >= 0.6 is 15.9 Å². The maximum Gasteiger partial charge on any atom is 0.417 e. The maximum atomic E-state index is 12.5. The van der Waals surface area contributed by atoms with Gasteiger partial charge in [0.15, 0.2) is 0 Å². The second kappa shape index (κ2) is 6.19. The lowest BCUT2D eigenvalue weighted by Crippen LogP contribution is -2.27. The van der Waals surface area contributed by atoms with Crippen LogP contribution in [0, 0.1) is 0 Å². The summed E-state index contributed by atoms with van der Waals surface area (Å²) in [7, 11) is 1.49. The third kappa shape index (κ3) is 3.99. The molecule has 7 heteroatoms. The van der Waals surface area contributed by atoms with E-state index < -0.39 is 17.6 Å². The number of alkyl halides is 3. The number of rotatable bonds is 4. The molecular weight excluding hydrogens is 315 g/mol. The van der Waals surface area contributed by atoms with Crippen LogP contribution in [-0.4, -0.2) is 26.2 Å². The molecule has 0 spiro atoms. The molecule has 3 nitrogen and oxygen atoms in total. The molecule has 18 heavy (non-hydrogen) atoms. The topological polar surface area (TPSA) is 38.3 Å². The highest BCUT2D eigenvalue weighted by Gasteiger charge is 2.33. The van der Waals surface area contributed by atoms with Crippen molar-refractivity contribution in [1.29, 1.82) is 0 Å². The van der Waals surface area contributed by atoms with E-state index in [1.807, 2.05) is 0 Å². The van der Waals surface area contributed by atoms with Gasteiger partial charge in [0.1, 0.15) is 0 Å². The summed E-state index contributed by atoms with van der Waals surface area (Å²) in [5.74, 6) is -0.443. The average Bonchev–Trinajstić information content (AvgIpc) is 2.27. The normalized spacial score (nSPS) is 11.4. The van der Waals surface area contributed by atoms with E-state index in [2.05, 4.69) is 21.2 Å². The minimum atomic E-state index is -4.44. The Morgan fingerprint density at radius 1 is 1.44 bits per heavy atom. The van der Waals surface area contributed by atoms with Crippen LogP contribution in [0.25, 0.3) is 0 Å². The fraction of sp³-hybridized carbons (Fsp3) is 0.364. The summed E-state index contributed by atoms with van der Waals surface area (Å²) < 4.78 is 42.0. The predicted molar refractivity (Wildman–Crippen MR) is 63.4 cm³/mol. The molecule has 1 N–H and O–H groups in total. The first-order valence-corrected chi connectivity index (χ1v) is 5.79. The molecular formula is C11H11BrF3NO2. The molecule has 0 aliphatic rings. The Kier molecular flexibility index (Phi) is 5.15. The molecule has 0 saturated carbocycles. The maximum absolute atomic E-state index is 12.5. The van der Waals surface area contributed by atoms with Gasteiger partial charge in [-0.05, 0) is 18.2 Å². The van der Waals surface area contributed by atoms with Gasteiger partial charge in [0.25, 0.3) is 5.91 Å². The van der Waals surface area contributed by atoms with Crippen molar-refractivity contribution >= 4 is 21.8 Å². The Hall–Kier alpha value is -1.08. The van der Waals surface area contributed by atoms with E-state index in [1.54, 1.807) is 0 Å². The van der Waals surface area contributed by atoms with Crippen molar-refractivity contribution in [2.75, 3.05) is 20.3 Å². The number of amides is 1. The summed E-state index contributed by atoms with van der Waals surface area (Å²) in [6.07, 6.45) is -4.44. The highest BCUT2D eigenvalue weighted by molar-refractivity contribution is 9.10. The Labute approximate surface area is 110 Å². The van der Waals surface area contributed by atoms with Gasteiger partial charge in [0.2, 0.25) is 0 Å². The van der Waals surface area contributed by atoms with Crippen molar-refractivity contribution in [3.8, 4) is 0 Å². The Bertz CT molecular complexity index is 435. The molecule has 0 atom stereocenters. The summed E-state index contributed by atoms with van der Waals surface area (Å²) in [6.45, 7) is 0.640. The molecule has 0 bridgehead atoms. The molecule has 1 aromatic carbocycles. The molecule has 100 valence electrons. The first-order valence-electron chi connectivity index (χ1n) is 5.00. The third-order valence-electron chi connectivity index (χ3n) is 2.13. The number of hydrogen-bond acceptors (Lipinski definition) is 2. The quantitative estimate of drug-likeness (QED) is 0.864. The molecule has 1 amide bonds. The summed E-state index contributed by atoms with van der Waals surface area (Å²) in [6, 6.07) is 3.15. The van der Waals surface area contributed by atoms with Gasteiger partial charge in [-0.1, -0.05) is 15.9 Å². The van der Waals surface area contributed by atoms with E-state index in [9.17, 15) is 18.0 Å². The number of ether oxygens (including phenoxy) is 1. The lowest BCUT2D eigenvalue weighted by atomic mass is 10.1. The summed E-state index contributed by atoms with van der Waals surface area (Å²) in [4.78, 5) is 11.6. The molecule has 0 radical (unpaired) electrons. The lowest BCUT2D eigenvalue weighted by Gasteiger charge is -2.10. The van der Waals surface area contributed by atoms with Gasteiger partial charge in [0, 0.05) is 23.7 Å². The number of hydrogen-bond donors (Lipinski definition) is 1. The Morgan fingerprint density at radius 2 is 2.11 bits per heavy atom. The van der Waals surface area contributed by atoms with Crippen molar-refractivity contribution in [3.63, 3.8) is 0 Å². The van der Waals surface area contributed by atoms with Crippen LogP contribution in [0.2, 0.25) is 0 Å². The van der Waals surface area contributed by atoms with Crippen molar-refractivity contribution < 1.29 is 22.7 Å². The van der Waals surface area contributed by atoms with Gasteiger partial charge >= 0.3 is 6.18 Å². The zero-order valence-electron chi connectivity index (χ0n) is 9.47. The molecule has 0 aliphatic heterocycles. The third-order valence-corrected chi connectivity index (χ3v) is 2.78. The SMILES string of the molecule is COCCNC(=O)c1ccc(C(F)(F)F)c(Br)c1. The van der Waals surface area contributed by atoms with Crippen molar-refractivity contribution in [2.45, 2.75) is 6.18 Å². The van der Waals surface area contributed by atoms with E-state index in [-0.39, 0.29) is 10.0 Å². The highest BCUT2D eigenvalue weighted by Crippen LogP contribution is 2.35. The fourth-order valence-electron chi connectivity index (χ4n) is 1.25. The molecule has 0 saturated heterocycles. The van der Waals surface area contributed by atoms with Crippen molar-refractivity contribution in [1.82, 2.24) is 5.32 Å². The first-order chi connectivity index (χ1) is 8.36. The Morgan fingerprint density at radius 3 is 2.61 bits per heavy atom. The van der Waals surface area contributed by atoms with E-state index >= 15 is 0 Å². The average molecular weight is 326 g/mol. The zero-order chi connectivity index (χ0) is 13.8. The van der Waals surface area contributed by atoms with E-state index in [0.29, 0.717) is 13.2 Å². The summed E-state index contributed by atoms with van der Waals surface area (Å²) in [5, 5.41) is 2.52. The van der Waals surface area contributed by atoms with E-state index in [4.69, 9.17) is 4.74 Å². The van der Waals surface area contributed by atoms with Crippen LogP contribution in [0.1, 0.15) is 15.9 Å². The van der Waals surface area contributed by atoms with Crippen LogP contribution in [0.3, 0.4) is 0 Å². The summed E-state index contributed by atoms with van der Waals surface area (Å²) in [5.41, 5.74) is -0.651. The van der Waals surface area contributed by atoms with Crippen molar-refractivity contribution in [3.05, 3.63) is 33.8 Å². The van der Waals surface area contributed by atoms with Gasteiger partial charge in [-0.15, -0.1) is 0 Å². The van der Waals surface area contributed by atoms with Gasteiger partial charge < -0.3 is 10.1 Å². The molecule has 0 fully saturated rings. The first kappa shape index (κ1) is 15.0. The van der Waals surface area contributed by atoms with Crippen LogP contribution in [0.5, 0.6) is 0 Å².